The van der Waals surface area contributed by atoms with E-state index in [9.17, 15) is 14.9 Å². The number of nitrogens with zero attached hydrogens (tertiary/aromatic N) is 1. The number of nitro groups is 1. The Hall–Kier alpha value is -1.95. The molecule has 0 aliphatic rings. The van der Waals surface area contributed by atoms with Gasteiger partial charge in [-0.2, -0.15) is 0 Å². The highest BCUT2D eigenvalue weighted by Crippen LogP contribution is 2.12. The van der Waals surface area contributed by atoms with Crippen LogP contribution in [0.15, 0.2) is 24.3 Å². The molecule has 0 amide bonds. The van der Waals surface area contributed by atoms with Gasteiger partial charge in [-0.15, -0.1) is 0 Å². The molecule has 0 bridgehead atoms. The van der Waals surface area contributed by atoms with Gasteiger partial charge < -0.3 is 10.1 Å². The number of esters is 1. The molecule has 104 valence electrons. The van der Waals surface area contributed by atoms with E-state index in [2.05, 4.69) is 12.2 Å². The Labute approximate surface area is 111 Å². The molecule has 1 rings (SSSR count). The van der Waals surface area contributed by atoms with Crippen LogP contribution in [0.25, 0.3) is 0 Å². The van der Waals surface area contributed by atoms with Crippen molar-refractivity contribution in [3.8, 4) is 0 Å². The lowest BCUT2D eigenvalue weighted by Crippen LogP contribution is -2.18. The summed E-state index contributed by atoms with van der Waals surface area (Å²) < 4.78 is 5.06. The van der Waals surface area contributed by atoms with Gasteiger partial charge in [-0.05, 0) is 38.1 Å². The van der Waals surface area contributed by atoms with Crippen molar-refractivity contribution in [3.63, 3.8) is 0 Å². The van der Waals surface area contributed by atoms with Gasteiger partial charge in [-0.25, -0.2) is 4.79 Å². The lowest BCUT2D eigenvalue weighted by atomic mass is 10.2. The highest BCUT2D eigenvalue weighted by molar-refractivity contribution is 5.89. The van der Waals surface area contributed by atoms with Crippen molar-refractivity contribution in [2.45, 2.75) is 19.8 Å². The van der Waals surface area contributed by atoms with Gasteiger partial charge in [0.25, 0.3) is 5.69 Å². The average Bonchev–Trinajstić information content (AvgIpc) is 2.42. The fourth-order valence-corrected chi connectivity index (χ4v) is 1.47. The third kappa shape index (κ3) is 5.48. The van der Waals surface area contributed by atoms with Gasteiger partial charge in [0.05, 0.1) is 17.1 Å². The van der Waals surface area contributed by atoms with Crippen molar-refractivity contribution < 1.29 is 14.5 Å². The Morgan fingerprint density at radius 2 is 2.00 bits per heavy atom. The first-order chi connectivity index (χ1) is 9.15. The van der Waals surface area contributed by atoms with E-state index in [4.69, 9.17) is 4.74 Å². The Morgan fingerprint density at radius 1 is 1.32 bits per heavy atom. The molecule has 0 spiro atoms. The summed E-state index contributed by atoms with van der Waals surface area (Å²) >= 11 is 0. The lowest BCUT2D eigenvalue weighted by Gasteiger charge is -2.05. The predicted octanol–water partition coefficient (Wildman–Crippen LogP) is 2.14. The molecule has 0 saturated carbocycles. The van der Waals surface area contributed by atoms with E-state index in [1.54, 1.807) is 0 Å². The van der Waals surface area contributed by atoms with E-state index in [0.717, 1.165) is 25.9 Å². The van der Waals surface area contributed by atoms with Crippen LogP contribution in [0, 0.1) is 10.1 Å². The summed E-state index contributed by atoms with van der Waals surface area (Å²) in [6.45, 7) is 4.19. The first kappa shape index (κ1) is 15.1. The van der Waals surface area contributed by atoms with Crippen LogP contribution in [0.4, 0.5) is 5.69 Å². The molecule has 1 aromatic rings. The Bertz CT molecular complexity index is 417. The quantitative estimate of drug-likeness (QED) is 0.337. The molecule has 0 aliphatic carbocycles. The molecule has 6 heteroatoms. The van der Waals surface area contributed by atoms with E-state index in [-0.39, 0.29) is 5.69 Å². The standard InChI is InChI=1S/C13H18N2O4/c1-2-8-14-9-3-10-19-13(16)11-4-6-12(7-5-11)15(17)18/h4-7,14H,2-3,8-10H2,1H3. The first-order valence-electron chi connectivity index (χ1n) is 6.27. The summed E-state index contributed by atoms with van der Waals surface area (Å²) in [7, 11) is 0. The van der Waals surface area contributed by atoms with E-state index < -0.39 is 10.9 Å². The van der Waals surface area contributed by atoms with Crippen LogP contribution < -0.4 is 5.32 Å². The van der Waals surface area contributed by atoms with Crippen LogP contribution in [0.1, 0.15) is 30.1 Å². The number of carbonyl (C=O) groups is 1. The second kappa shape index (κ2) is 8.20. The zero-order chi connectivity index (χ0) is 14.1. The topological polar surface area (TPSA) is 81.5 Å². The number of benzene rings is 1. The largest absolute Gasteiger partial charge is 0.462 e. The van der Waals surface area contributed by atoms with Crippen molar-refractivity contribution in [1.29, 1.82) is 0 Å². The van der Waals surface area contributed by atoms with Gasteiger partial charge in [0, 0.05) is 12.1 Å². The second-order valence-corrected chi connectivity index (χ2v) is 4.04. The molecule has 0 aliphatic heterocycles. The second-order valence-electron chi connectivity index (χ2n) is 4.04. The van der Waals surface area contributed by atoms with E-state index in [1.165, 1.54) is 24.3 Å². The third-order valence-corrected chi connectivity index (χ3v) is 2.47. The van der Waals surface area contributed by atoms with Crippen molar-refractivity contribution >= 4 is 11.7 Å². The van der Waals surface area contributed by atoms with Crippen molar-refractivity contribution in [3.05, 3.63) is 39.9 Å². The lowest BCUT2D eigenvalue weighted by molar-refractivity contribution is -0.384. The smallest absolute Gasteiger partial charge is 0.338 e. The van der Waals surface area contributed by atoms with Crippen molar-refractivity contribution in [2.75, 3.05) is 19.7 Å². The molecular weight excluding hydrogens is 248 g/mol. The Kier molecular flexibility index (Phi) is 6.52. The monoisotopic (exact) mass is 266 g/mol. The Balaban J connectivity index is 2.31. The number of nitro benzene ring substituents is 1. The van der Waals surface area contributed by atoms with Crippen molar-refractivity contribution in [2.24, 2.45) is 0 Å². The number of rotatable bonds is 8. The van der Waals surface area contributed by atoms with Gasteiger partial charge in [0.15, 0.2) is 0 Å². The average molecular weight is 266 g/mol. The minimum Gasteiger partial charge on any atom is -0.462 e. The molecule has 0 radical (unpaired) electrons. The van der Waals surface area contributed by atoms with Gasteiger partial charge in [-0.3, -0.25) is 10.1 Å². The number of carbonyl (C=O) groups excluding carboxylic acids is 1. The zero-order valence-corrected chi connectivity index (χ0v) is 10.9. The maximum Gasteiger partial charge on any atom is 0.338 e. The molecule has 1 aromatic carbocycles. The molecule has 0 saturated heterocycles. The summed E-state index contributed by atoms with van der Waals surface area (Å²) in [5, 5.41) is 13.7. The molecule has 6 nitrogen and oxygen atoms in total. The zero-order valence-electron chi connectivity index (χ0n) is 10.9. The molecule has 0 fully saturated rings. The van der Waals surface area contributed by atoms with Crippen LogP contribution in [-0.4, -0.2) is 30.6 Å². The number of nitrogens with one attached hydrogen (secondary N) is 1. The number of hydrogen-bond acceptors (Lipinski definition) is 5. The van der Waals surface area contributed by atoms with E-state index in [1.807, 2.05) is 0 Å². The van der Waals surface area contributed by atoms with Crippen LogP contribution in [0.2, 0.25) is 0 Å². The maximum atomic E-state index is 11.6. The SMILES string of the molecule is CCCNCCCOC(=O)c1ccc([N+](=O)[O-])cc1. The normalized spacial score (nSPS) is 10.2. The van der Waals surface area contributed by atoms with Gasteiger partial charge in [0.2, 0.25) is 0 Å². The highest BCUT2D eigenvalue weighted by atomic mass is 16.6. The molecular formula is C13H18N2O4. The summed E-state index contributed by atoms with van der Waals surface area (Å²) in [6, 6.07) is 5.38. The summed E-state index contributed by atoms with van der Waals surface area (Å²) in [4.78, 5) is 21.6. The van der Waals surface area contributed by atoms with Crippen molar-refractivity contribution in [1.82, 2.24) is 5.32 Å². The maximum absolute atomic E-state index is 11.6. The summed E-state index contributed by atoms with van der Waals surface area (Å²) in [6.07, 6.45) is 1.82. The molecule has 0 unspecified atom stereocenters. The fraction of sp³-hybridized carbons (Fsp3) is 0.462. The van der Waals surface area contributed by atoms with E-state index in [0.29, 0.717) is 12.2 Å². The number of hydrogen-bond donors (Lipinski definition) is 1. The minimum atomic E-state index is -0.505. The van der Waals surface area contributed by atoms with Crippen LogP contribution in [0.3, 0.4) is 0 Å². The predicted molar refractivity (Wildman–Crippen MR) is 71.2 cm³/mol. The summed E-state index contributed by atoms with van der Waals surface area (Å²) in [5.74, 6) is -0.453. The molecule has 0 aromatic heterocycles. The van der Waals surface area contributed by atoms with E-state index >= 15 is 0 Å². The third-order valence-electron chi connectivity index (χ3n) is 2.47. The first-order valence-corrected chi connectivity index (χ1v) is 6.27. The molecule has 0 atom stereocenters. The molecule has 0 heterocycles. The Morgan fingerprint density at radius 3 is 2.58 bits per heavy atom. The fourth-order valence-electron chi connectivity index (χ4n) is 1.47. The van der Waals surface area contributed by atoms with Gasteiger partial charge >= 0.3 is 5.97 Å². The van der Waals surface area contributed by atoms with Crippen LogP contribution >= 0.6 is 0 Å². The van der Waals surface area contributed by atoms with Gasteiger partial charge in [0.1, 0.15) is 0 Å². The van der Waals surface area contributed by atoms with Crippen LogP contribution in [-0.2, 0) is 4.74 Å². The van der Waals surface area contributed by atoms with Crippen LogP contribution in [0.5, 0.6) is 0 Å². The minimum absolute atomic E-state index is 0.0414. The summed E-state index contributed by atoms with van der Waals surface area (Å²) in [5.41, 5.74) is 0.285. The number of non-ortho nitro benzene ring substituents is 1. The highest BCUT2D eigenvalue weighted by Gasteiger charge is 2.10. The molecule has 19 heavy (non-hydrogen) atoms. The number of ether oxygens (including phenoxy) is 1. The molecule has 1 N–H and O–H groups in total. The van der Waals surface area contributed by atoms with Gasteiger partial charge in [-0.1, -0.05) is 6.92 Å².